The number of rotatable bonds is 5. The summed E-state index contributed by atoms with van der Waals surface area (Å²) in [5.74, 6) is -0.201. The number of halogens is 1. The lowest BCUT2D eigenvalue weighted by Crippen LogP contribution is -2.27. The zero-order valence-electron chi connectivity index (χ0n) is 19.6. The third kappa shape index (κ3) is 4.82. The number of carbonyl (C=O) groups is 1. The molecule has 0 saturated heterocycles. The minimum Gasteiger partial charge on any atom is -0.478 e. The quantitative estimate of drug-likeness (QED) is 0.390. The fourth-order valence-electron chi connectivity index (χ4n) is 3.62. The second kappa shape index (κ2) is 8.95. The number of pyridine rings is 1. The molecule has 0 radical (unpaired) electrons. The molecule has 0 N–H and O–H groups in total. The lowest BCUT2D eigenvalue weighted by molar-refractivity contribution is -0.157. The van der Waals surface area contributed by atoms with Gasteiger partial charge in [-0.25, -0.2) is 14.5 Å². The van der Waals surface area contributed by atoms with Gasteiger partial charge in [-0.15, -0.1) is 0 Å². The number of ether oxygens (including phenoxy) is 2. The number of nitrogens with zero attached hydrogens (tertiary/aromatic N) is 4. The van der Waals surface area contributed by atoms with E-state index < -0.39 is 11.6 Å². The Morgan fingerprint density at radius 2 is 1.88 bits per heavy atom. The SMILES string of the molecule is Cc1nc2c(OCC(=O)OC(C)(C)C)cccn2c(=O)c1-c1cc(C)n(-c2cccc(Cl)c2)n1. The highest BCUT2D eigenvalue weighted by Gasteiger charge is 2.20. The van der Waals surface area contributed by atoms with Crippen molar-refractivity contribution in [2.45, 2.75) is 40.2 Å². The molecule has 4 rings (SSSR count). The first-order chi connectivity index (χ1) is 16.0. The Bertz CT molecular complexity index is 1450. The van der Waals surface area contributed by atoms with E-state index in [2.05, 4.69) is 10.1 Å². The number of aryl methyl sites for hydroxylation is 2. The van der Waals surface area contributed by atoms with Crippen LogP contribution in [0.25, 0.3) is 22.6 Å². The maximum atomic E-state index is 13.4. The largest absolute Gasteiger partial charge is 0.478 e. The van der Waals surface area contributed by atoms with E-state index in [4.69, 9.17) is 21.1 Å². The summed E-state index contributed by atoms with van der Waals surface area (Å²) in [4.78, 5) is 30.1. The molecule has 0 saturated carbocycles. The van der Waals surface area contributed by atoms with Gasteiger partial charge in [0.25, 0.3) is 5.56 Å². The van der Waals surface area contributed by atoms with Gasteiger partial charge in [-0.3, -0.25) is 9.20 Å². The zero-order chi connectivity index (χ0) is 24.6. The Morgan fingerprint density at radius 3 is 2.59 bits per heavy atom. The summed E-state index contributed by atoms with van der Waals surface area (Å²) in [6.45, 7) is 8.70. The van der Waals surface area contributed by atoms with Crippen molar-refractivity contribution in [2.24, 2.45) is 0 Å². The smallest absolute Gasteiger partial charge is 0.344 e. The van der Waals surface area contributed by atoms with E-state index >= 15 is 0 Å². The number of aromatic nitrogens is 4. The van der Waals surface area contributed by atoms with Crippen molar-refractivity contribution in [1.29, 1.82) is 0 Å². The van der Waals surface area contributed by atoms with Gasteiger partial charge in [0.05, 0.1) is 16.9 Å². The maximum Gasteiger partial charge on any atom is 0.344 e. The molecule has 0 aliphatic carbocycles. The number of fused-ring (bicyclic) bond motifs is 1. The summed E-state index contributed by atoms with van der Waals surface area (Å²) in [5.41, 5.74) is 2.41. The Morgan fingerprint density at radius 1 is 1.12 bits per heavy atom. The van der Waals surface area contributed by atoms with E-state index in [1.807, 2.05) is 25.1 Å². The molecule has 0 aliphatic rings. The highest BCUT2D eigenvalue weighted by atomic mass is 35.5. The van der Waals surface area contributed by atoms with Gasteiger partial charge < -0.3 is 9.47 Å². The highest BCUT2D eigenvalue weighted by molar-refractivity contribution is 6.30. The number of hydrogen-bond donors (Lipinski definition) is 0. The van der Waals surface area contributed by atoms with Crippen LogP contribution in [0.5, 0.6) is 5.75 Å². The van der Waals surface area contributed by atoms with Crippen LogP contribution in [-0.4, -0.2) is 37.3 Å². The minimum atomic E-state index is -0.619. The first-order valence-electron chi connectivity index (χ1n) is 10.7. The second-order valence-electron chi connectivity index (χ2n) is 8.88. The van der Waals surface area contributed by atoms with Crippen molar-refractivity contribution in [1.82, 2.24) is 19.2 Å². The Kier molecular flexibility index (Phi) is 6.18. The van der Waals surface area contributed by atoms with E-state index in [1.165, 1.54) is 4.40 Å². The van der Waals surface area contributed by atoms with Crippen LogP contribution in [0, 0.1) is 13.8 Å². The topological polar surface area (TPSA) is 87.7 Å². The summed E-state index contributed by atoms with van der Waals surface area (Å²) >= 11 is 6.13. The van der Waals surface area contributed by atoms with Crippen LogP contribution in [0.2, 0.25) is 5.02 Å². The number of esters is 1. The van der Waals surface area contributed by atoms with Gasteiger partial charge in [-0.2, -0.15) is 5.10 Å². The fourth-order valence-corrected chi connectivity index (χ4v) is 3.81. The predicted octanol–water partition coefficient (Wildman–Crippen LogP) is 4.54. The lowest BCUT2D eigenvalue weighted by atomic mass is 10.1. The van der Waals surface area contributed by atoms with E-state index in [9.17, 15) is 9.59 Å². The average molecular weight is 481 g/mol. The number of carbonyl (C=O) groups excluding carboxylic acids is 1. The molecule has 0 bridgehead atoms. The molecule has 1 aromatic carbocycles. The first kappa shape index (κ1) is 23.5. The van der Waals surface area contributed by atoms with Crippen molar-refractivity contribution >= 4 is 23.2 Å². The van der Waals surface area contributed by atoms with Gasteiger partial charge in [0, 0.05) is 16.9 Å². The van der Waals surface area contributed by atoms with Gasteiger partial charge in [0.1, 0.15) is 11.3 Å². The normalized spacial score (nSPS) is 11.6. The molecule has 0 spiro atoms. The molecule has 0 atom stereocenters. The third-order valence-corrected chi connectivity index (χ3v) is 5.20. The molecule has 34 heavy (non-hydrogen) atoms. The maximum absolute atomic E-state index is 13.4. The van der Waals surface area contributed by atoms with E-state index in [0.29, 0.717) is 33.4 Å². The minimum absolute atomic E-state index is 0.291. The Hall–Kier alpha value is -3.65. The van der Waals surface area contributed by atoms with Crippen molar-refractivity contribution < 1.29 is 14.3 Å². The van der Waals surface area contributed by atoms with Crippen molar-refractivity contribution in [3.63, 3.8) is 0 Å². The molecule has 0 fully saturated rings. The fraction of sp³-hybridized carbons (Fsp3) is 0.280. The van der Waals surface area contributed by atoms with Crippen LogP contribution in [0.3, 0.4) is 0 Å². The molecule has 3 aromatic heterocycles. The molecular formula is C25H25ClN4O4. The van der Waals surface area contributed by atoms with Gasteiger partial charge in [-0.1, -0.05) is 17.7 Å². The van der Waals surface area contributed by atoms with Crippen LogP contribution >= 0.6 is 11.6 Å². The zero-order valence-corrected chi connectivity index (χ0v) is 20.4. The Balaban J connectivity index is 1.72. The number of benzene rings is 1. The van der Waals surface area contributed by atoms with Crippen molar-refractivity contribution in [3.05, 3.63) is 75.4 Å². The molecule has 9 heteroatoms. The molecule has 4 aromatic rings. The highest BCUT2D eigenvalue weighted by Crippen LogP contribution is 2.25. The van der Waals surface area contributed by atoms with Crippen LogP contribution in [0.15, 0.2) is 53.5 Å². The summed E-state index contributed by atoms with van der Waals surface area (Å²) in [6, 6.07) is 12.5. The van der Waals surface area contributed by atoms with Gasteiger partial charge in [-0.05, 0) is 71.0 Å². The van der Waals surface area contributed by atoms with Crippen LogP contribution in [0.1, 0.15) is 32.2 Å². The van der Waals surface area contributed by atoms with Gasteiger partial charge in [0.15, 0.2) is 18.0 Å². The predicted molar refractivity (Wildman–Crippen MR) is 130 cm³/mol. The van der Waals surface area contributed by atoms with Gasteiger partial charge >= 0.3 is 5.97 Å². The van der Waals surface area contributed by atoms with E-state index in [-0.39, 0.29) is 12.2 Å². The third-order valence-electron chi connectivity index (χ3n) is 4.96. The molecule has 3 heterocycles. The molecule has 176 valence electrons. The second-order valence-corrected chi connectivity index (χ2v) is 9.32. The summed E-state index contributed by atoms with van der Waals surface area (Å²) in [5, 5.41) is 5.24. The molecule has 8 nitrogen and oxygen atoms in total. The monoisotopic (exact) mass is 480 g/mol. The van der Waals surface area contributed by atoms with Crippen molar-refractivity contribution in [3.8, 4) is 22.7 Å². The van der Waals surface area contributed by atoms with Crippen LogP contribution in [-0.2, 0) is 9.53 Å². The molecule has 0 aliphatic heterocycles. The lowest BCUT2D eigenvalue weighted by Gasteiger charge is -2.19. The van der Waals surface area contributed by atoms with Gasteiger partial charge in [0.2, 0.25) is 0 Å². The number of hydrogen-bond acceptors (Lipinski definition) is 6. The summed E-state index contributed by atoms with van der Waals surface area (Å²) in [7, 11) is 0. The summed E-state index contributed by atoms with van der Waals surface area (Å²) in [6.07, 6.45) is 1.61. The van der Waals surface area contributed by atoms with Crippen molar-refractivity contribution in [2.75, 3.05) is 6.61 Å². The van der Waals surface area contributed by atoms with E-state index in [1.54, 1.807) is 62.8 Å². The molecular weight excluding hydrogens is 456 g/mol. The standard InChI is InChI=1S/C25H25ClN4O4/c1-15-12-19(28-30(15)18-9-6-8-17(26)13-18)22-16(2)27-23-20(10-7-11-29(23)24(22)32)33-14-21(31)34-25(3,4)5/h6-13H,14H2,1-5H3. The average Bonchev–Trinajstić information content (AvgIpc) is 3.12. The van der Waals surface area contributed by atoms with Crippen LogP contribution < -0.4 is 10.3 Å². The van der Waals surface area contributed by atoms with Crippen LogP contribution in [0.4, 0.5) is 0 Å². The molecule has 0 amide bonds. The molecule has 0 unspecified atom stereocenters. The van der Waals surface area contributed by atoms with E-state index in [0.717, 1.165) is 11.4 Å². The summed E-state index contributed by atoms with van der Waals surface area (Å²) < 4.78 is 14.0. The Labute approximate surface area is 201 Å². The first-order valence-corrected chi connectivity index (χ1v) is 11.1.